The van der Waals surface area contributed by atoms with Gasteiger partial charge < -0.3 is 5.73 Å². The summed E-state index contributed by atoms with van der Waals surface area (Å²) in [5.74, 6) is -0.188. The van der Waals surface area contributed by atoms with E-state index in [1.807, 2.05) is 0 Å². The van der Waals surface area contributed by atoms with Gasteiger partial charge >= 0.3 is 0 Å². The van der Waals surface area contributed by atoms with E-state index in [1.165, 1.54) is 5.56 Å². The minimum Gasteiger partial charge on any atom is -0.369 e. The SMILES string of the molecule is Cc1ccc(-c2nc(CN3CCC[C@@H](C(N)=O)C3)cs2)cc1. The maximum absolute atomic E-state index is 11.4. The van der Waals surface area contributed by atoms with Crippen molar-refractivity contribution >= 4 is 17.2 Å². The first-order chi connectivity index (χ1) is 10.6. The lowest BCUT2D eigenvalue weighted by Crippen LogP contribution is -2.40. The second kappa shape index (κ2) is 6.58. The molecule has 1 aromatic carbocycles. The molecule has 1 atom stereocenters. The molecule has 1 aromatic heterocycles. The van der Waals surface area contributed by atoms with Crippen LogP contribution in [-0.2, 0) is 11.3 Å². The number of likely N-dealkylation sites (tertiary alicyclic amines) is 1. The van der Waals surface area contributed by atoms with Gasteiger partial charge in [-0.3, -0.25) is 9.69 Å². The van der Waals surface area contributed by atoms with Crippen LogP contribution in [0.1, 0.15) is 24.1 Å². The zero-order chi connectivity index (χ0) is 15.5. The third-order valence-electron chi connectivity index (χ3n) is 4.14. The van der Waals surface area contributed by atoms with Gasteiger partial charge in [-0.25, -0.2) is 4.98 Å². The molecule has 0 spiro atoms. The molecule has 116 valence electrons. The highest BCUT2D eigenvalue weighted by atomic mass is 32.1. The van der Waals surface area contributed by atoms with Crippen LogP contribution < -0.4 is 5.73 Å². The number of thiazole rings is 1. The Labute approximate surface area is 135 Å². The molecule has 0 radical (unpaired) electrons. The zero-order valence-electron chi connectivity index (χ0n) is 12.8. The minimum absolute atomic E-state index is 0.0102. The first kappa shape index (κ1) is 15.2. The van der Waals surface area contributed by atoms with Gasteiger partial charge in [-0.15, -0.1) is 11.3 Å². The Morgan fingerprint density at radius 2 is 2.18 bits per heavy atom. The number of amides is 1. The number of rotatable bonds is 4. The number of nitrogens with zero attached hydrogens (tertiary/aromatic N) is 2. The largest absolute Gasteiger partial charge is 0.369 e. The third-order valence-corrected chi connectivity index (χ3v) is 5.08. The molecule has 0 aliphatic carbocycles. The Bertz CT molecular complexity index is 650. The van der Waals surface area contributed by atoms with Crippen LogP contribution in [0, 0.1) is 12.8 Å². The van der Waals surface area contributed by atoms with Crippen LogP contribution in [-0.4, -0.2) is 28.9 Å². The molecule has 0 saturated carbocycles. The van der Waals surface area contributed by atoms with E-state index in [-0.39, 0.29) is 11.8 Å². The number of aryl methyl sites for hydroxylation is 1. The number of carbonyl (C=O) groups excluding carboxylic acids is 1. The van der Waals surface area contributed by atoms with Crippen LogP contribution in [0.2, 0.25) is 0 Å². The lowest BCUT2D eigenvalue weighted by Gasteiger charge is -2.30. The molecule has 2 heterocycles. The van der Waals surface area contributed by atoms with Crippen LogP contribution in [0.3, 0.4) is 0 Å². The van der Waals surface area contributed by atoms with Gasteiger partial charge in [0.25, 0.3) is 0 Å². The molecule has 0 bridgehead atoms. The molecule has 22 heavy (non-hydrogen) atoms. The number of aromatic nitrogens is 1. The molecule has 1 saturated heterocycles. The maximum atomic E-state index is 11.4. The van der Waals surface area contributed by atoms with Gasteiger partial charge in [0.05, 0.1) is 11.6 Å². The number of nitrogens with two attached hydrogens (primary N) is 1. The highest BCUT2D eigenvalue weighted by Gasteiger charge is 2.24. The van der Waals surface area contributed by atoms with Gasteiger partial charge in [-0.1, -0.05) is 29.8 Å². The van der Waals surface area contributed by atoms with Gasteiger partial charge in [0.15, 0.2) is 0 Å². The summed E-state index contributed by atoms with van der Waals surface area (Å²) in [5, 5.41) is 3.17. The van der Waals surface area contributed by atoms with Crippen molar-refractivity contribution in [2.45, 2.75) is 26.3 Å². The predicted octanol–water partition coefficient (Wildman–Crippen LogP) is 2.82. The highest BCUT2D eigenvalue weighted by molar-refractivity contribution is 7.13. The van der Waals surface area contributed by atoms with E-state index in [0.717, 1.165) is 48.7 Å². The lowest BCUT2D eigenvalue weighted by atomic mass is 9.97. The average Bonchev–Trinajstić information content (AvgIpc) is 2.96. The van der Waals surface area contributed by atoms with E-state index in [9.17, 15) is 4.79 Å². The Morgan fingerprint density at radius 1 is 1.41 bits per heavy atom. The number of hydrogen-bond donors (Lipinski definition) is 1. The van der Waals surface area contributed by atoms with Gasteiger partial charge in [-0.05, 0) is 26.3 Å². The van der Waals surface area contributed by atoms with Crippen molar-refractivity contribution in [2.75, 3.05) is 13.1 Å². The van der Waals surface area contributed by atoms with E-state index >= 15 is 0 Å². The van der Waals surface area contributed by atoms with E-state index < -0.39 is 0 Å². The summed E-state index contributed by atoms with van der Waals surface area (Å²) >= 11 is 1.67. The van der Waals surface area contributed by atoms with Crippen LogP contribution in [0.15, 0.2) is 29.6 Å². The van der Waals surface area contributed by atoms with E-state index in [0.29, 0.717) is 0 Å². The van der Waals surface area contributed by atoms with Gasteiger partial charge in [0, 0.05) is 24.0 Å². The smallest absolute Gasteiger partial charge is 0.221 e. The molecule has 1 fully saturated rings. The van der Waals surface area contributed by atoms with Crippen LogP contribution >= 0.6 is 11.3 Å². The molecule has 4 nitrogen and oxygen atoms in total. The van der Waals surface area contributed by atoms with E-state index in [2.05, 4.69) is 41.5 Å². The van der Waals surface area contributed by atoms with Gasteiger partial charge in [0.2, 0.25) is 5.91 Å². The van der Waals surface area contributed by atoms with Crippen molar-refractivity contribution in [3.63, 3.8) is 0 Å². The average molecular weight is 315 g/mol. The summed E-state index contributed by atoms with van der Waals surface area (Å²) in [4.78, 5) is 18.4. The molecular weight excluding hydrogens is 294 g/mol. The second-order valence-electron chi connectivity index (χ2n) is 5.99. The number of primary amides is 1. The molecular formula is C17H21N3OS. The molecule has 2 aromatic rings. The third kappa shape index (κ3) is 3.54. The molecule has 1 aliphatic rings. The fraction of sp³-hybridized carbons (Fsp3) is 0.412. The standard InChI is InChI=1S/C17H21N3OS/c1-12-4-6-13(7-5-12)17-19-15(11-22-17)10-20-8-2-3-14(9-20)16(18)21/h4-7,11,14H,2-3,8-10H2,1H3,(H2,18,21)/t14-/m1/s1. The first-order valence-electron chi connectivity index (χ1n) is 7.65. The first-order valence-corrected chi connectivity index (χ1v) is 8.53. The molecule has 5 heteroatoms. The summed E-state index contributed by atoms with van der Waals surface area (Å²) in [6.45, 7) is 4.66. The Kier molecular flexibility index (Phi) is 4.55. The van der Waals surface area contributed by atoms with Gasteiger partial charge in [0.1, 0.15) is 5.01 Å². The number of piperidine rings is 1. The molecule has 2 N–H and O–H groups in total. The second-order valence-corrected chi connectivity index (χ2v) is 6.84. The zero-order valence-corrected chi connectivity index (χ0v) is 13.6. The van der Waals surface area contributed by atoms with Crippen molar-refractivity contribution in [1.29, 1.82) is 0 Å². The quantitative estimate of drug-likeness (QED) is 0.944. The maximum Gasteiger partial charge on any atom is 0.221 e. The van der Waals surface area contributed by atoms with Crippen LogP contribution in [0.4, 0.5) is 0 Å². The minimum atomic E-state index is -0.177. The number of benzene rings is 1. The lowest BCUT2D eigenvalue weighted by molar-refractivity contribution is -0.123. The van der Waals surface area contributed by atoms with Gasteiger partial charge in [-0.2, -0.15) is 0 Å². The summed E-state index contributed by atoms with van der Waals surface area (Å²) in [5.41, 5.74) is 8.93. The van der Waals surface area contributed by atoms with Crippen molar-refractivity contribution in [1.82, 2.24) is 9.88 Å². The van der Waals surface area contributed by atoms with E-state index in [4.69, 9.17) is 10.7 Å². The summed E-state index contributed by atoms with van der Waals surface area (Å²) in [6.07, 6.45) is 1.94. The summed E-state index contributed by atoms with van der Waals surface area (Å²) < 4.78 is 0. The molecule has 0 unspecified atom stereocenters. The van der Waals surface area contributed by atoms with Crippen molar-refractivity contribution in [3.8, 4) is 10.6 Å². The van der Waals surface area contributed by atoms with E-state index in [1.54, 1.807) is 11.3 Å². The van der Waals surface area contributed by atoms with Crippen LogP contribution in [0.5, 0.6) is 0 Å². The van der Waals surface area contributed by atoms with Crippen molar-refractivity contribution in [3.05, 3.63) is 40.9 Å². The monoisotopic (exact) mass is 315 g/mol. The van der Waals surface area contributed by atoms with Crippen molar-refractivity contribution < 1.29 is 4.79 Å². The fourth-order valence-electron chi connectivity index (χ4n) is 2.87. The number of carbonyl (C=O) groups is 1. The summed E-state index contributed by atoms with van der Waals surface area (Å²) in [6, 6.07) is 8.45. The summed E-state index contributed by atoms with van der Waals surface area (Å²) in [7, 11) is 0. The molecule has 1 amide bonds. The molecule has 1 aliphatic heterocycles. The normalized spacial score (nSPS) is 19.2. The highest BCUT2D eigenvalue weighted by Crippen LogP contribution is 2.25. The Balaban J connectivity index is 1.66. The number of hydrogen-bond acceptors (Lipinski definition) is 4. The molecule has 3 rings (SSSR count). The Hall–Kier alpha value is -1.72. The fourth-order valence-corrected chi connectivity index (χ4v) is 3.69. The van der Waals surface area contributed by atoms with Crippen LogP contribution in [0.25, 0.3) is 10.6 Å². The van der Waals surface area contributed by atoms with Crippen molar-refractivity contribution in [2.24, 2.45) is 11.7 Å². The Morgan fingerprint density at radius 3 is 2.91 bits per heavy atom. The predicted molar refractivity (Wildman–Crippen MR) is 89.5 cm³/mol. The topological polar surface area (TPSA) is 59.2 Å².